The van der Waals surface area contributed by atoms with E-state index in [1.807, 2.05) is 13.8 Å². The second kappa shape index (κ2) is 8.01. The Hall–Kier alpha value is -1.40. The number of carbonyl (C=O) groups excluding carboxylic acids is 1. The molecule has 0 unspecified atom stereocenters. The van der Waals surface area contributed by atoms with Crippen molar-refractivity contribution in [3.8, 4) is 0 Å². The number of amides is 1. The third-order valence-corrected chi connectivity index (χ3v) is 3.33. The van der Waals surface area contributed by atoms with Crippen molar-refractivity contribution in [2.45, 2.75) is 32.9 Å². The Balaban J connectivity index is 2.39. The lowest BCUT2D eigenvalue weighted by Gasteiger charge is -2.10. The van der Waals surface area contributed by atoms with Gasteiger partial charge < -0.3 is 15.7 Å². The predicted molar refractivity (Wildman–Crippen MR) is 80.7 cm³/mol. The van der Waals surface area contributed by atoms with Gasteiger partial charge in [0.05, 0.1) is 5.56 Å². The van der Waals surface area contributed by atoms with Crippen LogP contribution in [0.1, 0.15) is 36.2 Å². The van der Waals surface area contributed by atoms with E-state index in [2.05, 4.69) is 26.6 Å². The first-order valence-corrected chi connectivity index (χ1v) is 7.21. The predicted octanol–water partition coefficient (Wildman–Crippen LogP) is 2.15. The number of carboxylic acid groups (broad SMARTS) is 1. The van der Waals surface area contributed by atoms with E-state index in [-0.39, 0.29) is 17.5 Å². The van der Waals surface area contributed by atoms with E-state index >= 15 is 0 Å². The fourth-order valence-electron chi connectivity index (χ4n) is 1.64. The van der Waals surface area contributed by atoms with Crippen LogP contribution in [0.15, 0.2) is 22.7 Å². The Labute approximate surface area is 126 Å². The molecular formula is C14H19BrN2O3. The molecule has 0 saturated heterocycles. The molecule has 0 heterocycles. The Kier molecular flexibility index (Phi) is 6.67. The highest BCUT2D eigenvalue weighted by molar-refractivity contribution is 9.10. The first-order chi connectivity index (χ1) is 9.40. The van der Waals surface area contributed by atoms with Crippen molar-refractivity contribution in [1.82, 2.24) is 10.6 Å². The van der Waals surface area contributed by atoms with Crippen LogP contribution in [0.25, 0.3) is 0 Å². The summed E-state index contributed by atoms with van der Waals surface area (Å²) in [5.41, 5.74) is 1.20. The van der Waals surface area contributed by atoms with Gasteiger partial charge in [0.2, 0.25) is 5.91 Å². The molecule has 0 fully saturated rings. The van der Waals surface area contributed by atoms with Gasteiger partial charge in [-0.05, 0) is 31.5 Å². The highest BCUT2D eigenvalue weighted by atomic mass is 79.9. The third kappa shape index (κ3) is 5.71. The van der Waals surface area contributed by atoms with Crippen molar-refractivity contribution < 1.29 is 14.7 Å². The fraction of sp³-hybridized carbons (Fsp3) is 0.429. The van der Waals surface area contributed by atoms with E-state index in [1.54, 1.807) is 18.2 Å². The number of halogens is 1. The largest absolute Gasteiger partial charge is 0.478 e. The first-order valence-electron chi connectivity index (χ1n) is 6.42. The van der Waals surface area contributed by atoms with Crippen LogP contribution in [0.2, 0.25) is 0 Å². The summed E-state index contributed by atoms with van der Waals surface area (Å²) in [7, 11) is 0. The number of carboxylic acids is 1. The smallest absolute Gasteiger partial charge is 0.335 e. The minimum Gasteiger partial charge on any atom is -0.478 e. The monoisotopic (exact) mass is 342 g/mol. The number of nitrogens with one attached hydrogen (secondary N) is 2. The molecule has 0 bridgehead atoms. The summed E-state index contributed by atoms with van der Waals surface area (Å²) in [5.74, 6) is -0.927. The van der Waals surface area contributed by atoms with Crippen LogP contribution in [-0.2, 0) is 11.3 Å². The van der Waals surface area contributed by atoms with Crippen molar-refractivity contribution in [3.05, 3.63) is 33.8 Å². The SMILES string of the molecule is CC(C)NC(=O)CCNCc1ccc(C(=O)O)cc1Br. The average Bonchev–Trinajstić information content (AvgIpc) is 2.35. The van der Waals surface area contributed by atoms with Gasteiger partial charge in [-0.25, -0.2) is 4.79 Å². The molecule has 1 rings (SSSR count). The van der Waals surface area contributed by atoms with Gasteiger partial charge in [0.15, 0.2) is 0 Å². The van der Waals surface area contributed by atoms with Crippen molar-refractivity contribution in [2.75, 3.05) is 6.54 Å². The van der Waals surface area contributed by atoms with E-state index in [1.165, 1.54) is 0 Å². The number of benzene rings is 1. The van der Waals surface area contributed by atoms with Gasteiger partial charge in [0.25, 0.3) is 0 Å². The molecule has 0 aliphatic carbocycles. The number of hydrogen-bond donors (Lipinski definition) is 3. The number of rotatable bonds is 7. The van der Waals surface area contributed by atoms with E-state index < -0.39 is 5.97 Å². The molecule has 3 N–H and O–H groups in total. The van der Waals surface area contributed by atoms with Gasteiger partial charge in [-0.1, -0.05) is 22.0 Å². The van der Waals surface area contributed by atoms with Crippen LogP contribution in [0, 0.1) is 0 Å². The van der Waals surface area contributed by atoms with E-state index in [9.17, 15) is 9.59 Å². The summed E-state index contributed by atoms with van der Waals surface area (Å²) in [4.78, 5) is 22.2. The molecule has 20 heavy (non-hydrogen) atoms. The Morgan fingerprint density at radius 3 is 2.60 bits per heavy atom. The molecule has 110 valence electrons. The fourth-order valence-corrected chi connectivity index (χ4v) is 2.16. The molecule has 0 atom stereocenters. The maximum absolute atomic E-state index is 11.4. The standard InChI is InChI=1S/C14H19BrN2O3/c1-9(2)17-13(18)5-6-16-8-11-4-3-10(14(19)20)7-12(11)15/h3-4,7,9,16H,5-6,8H2,1-2H3,(H,17,18)(H,19,20). The second-order valence-corrected chi connectivity index (χ2v) is 5.61. The van der Waals surface area contributed by atoms with Gasteiger partial charge in [-0.3, -0.25) is 4.79 Å². The topological polar surface area (TPSA) is 78.4 Å². The molecule has 0 aliphatic heterocycles. The highest BCUT2D eigenvalue weighted by Gasteiger charge is 2.07. The first kappa shape index (κ1) is 16.7. The van der Waals surface area contributed by atoms with Crippen LogP contribution in [0.3, 0.4) is 0 Å². The molecule has 1 aromatic carbocycles. The number of carbonyl (C=O) groups is 2. The normalized spacial score (nSPS) is 10.6. The minimum absolute atomic E-state index is 0.0211. The molecule has 0 aliphatic rings. The van der Waals surface area contributed by atoms with Gasteiger partial charge >= 0.3 is 5.97 Å². The maximum Gasteiger partial charge on any atom is 0.335 e. The van der Waals surface area contributed by atoms with Crippen molar-refractivity contribution >= 4 is 27.8 Å². The zero-order valence-electron chi connectivity index (χ0n) is 11.6. The van der Waals surface area contributed by atoms with Crippen LogP contribution >= 0.6 is 15.9 Å². The van der Waals surface area contributed by atoms with Gasteiger partial charge in [-0.2, -0.15) is 0 Å². The summed E-state index contributed by atoms with van der Waals surface area (Å²) < 4.78 is 0.747. The molecule has 0 spiro atoms. The quantitative estimate of drug-likeness (QED) is 0.663. The molecule has 0 aromatic heterocycles. The molecule has 0 saturated carbocycles. The van der Waals surface area contributed by atoms with Crippen LogP contribution in [-0.4, -0.2) is 29.6 Å². The van der Waals surface area contributed by atoms with E-state index in [0.29, 0.717) is 19.5 Å². The van der Waals surface area contributed by atoms with Crippen LogP contribution in [0.5, 0.6) is 0 Å². The number of aromatic carboxylic acids is 1. The van der Waals surface area contributed by atoms with Crippen molar-refractivity contribution in [2.24, 2.45) is 0 Å². The van der Waals surface area contributed by atoms with Crippen LogP contribution in [0.4, 0.5) is 0 Å². The zero-order valence-corrected chi connectivity index (χ0v) is 13.2. The zero-order chi connectivity index (χ0) is 15.1. The lowest BCUT2D eigenvalue weighted by atomic mass is 10.1. The van der Waals surface area contributed by atoms with E-state index in [0.717, 1.165) is 10.0 Å². The van der Waals surface area contributed by atoms with Crippen molar-refractivity contribution in [3.63, 3.8) is 0 Å². The lowest BCUT2D eigenvalue weighted by molar-refractivity contribution is -0.121. The highest BCUT2D eigenvalue weighted by Crippen LogP contribution is 2.18. The molecule has 6 heteroatoms. The summed E-state index contributed by atoms with van der Waals surface area (Å²) >= 11 is 3.35. The Bertz CT molecular complexity index is 489. The van der Waals surface area contributed by atoms with E-state index in [4.69, 9.17) is 5.11 Å². The van der Waals surface area contributed by atoms with Crippen LogP contribution < -0.4 is 10.6 Å². The Morgan fingerprint density at radius 1 is 1.35 bits per heavy atom. The molecule has 0 radical (unpaired) electrons. The molecule has 1 amide bonds. The summed E-state index contributed by atoms with van der Waals surface area (Å²) in [6, 6.07) is 5.05. The molecule has 5 nitrogen and oxygen atoms in total. The Morgan fingerprint density at radius 2 is 2.05 bits per heavy atom. The van der Waals surface area contributed by atoms with Gasteiger partial charge in [0.1, 0.15) is 0 Å². The lowest BCUT2D eigenvalue weighted by Crippen LogP contribution is -2.32. The number of hydrogen-bond acceptors (Lipinski definition) is 3. The average molecular weight is 343 g/mol. The summed E-state index contributed by atoms with van der Waals surface area (Å²) in [5, 5.41) is 14.8. The maximum atomic E-state index is 11.4. The summed E-state index contributed by atoms with van der Waals surface area (Å²) in [6.45, 7) is 5.00. The van der Waals surface area contributed by atoms with Crippen molar-refractivity contribution in [1.29, 1.82) is 0 Å². The second-order valence-electron chi connectivity index (χ2n) is 4.76. The summed E-state index contributed by atoms with van der Waals surface area (Å²) in [6.07, 6.45) is 0.420. The van der Waals surface area contributed by atoms with Gasteiger partial charge in [0, 0.05) is 30.0 Å². The molecule has 1 aromatic rings. The molecular weight excluding hydrogens is 324 g/mol. The third-order valence-electron chi connectivity index (χ3n) is 2.59. The minimum atomic E-state index is -0.949. The van der Waals surface area contributed by atoms with Gasteiger partial charge in [-0.15, -0.1) is 0 Å².